The Bertz CT molecular complexity index is 1020. The van der Waals surface area contributed by atoms with Crippen LogP contribution in [0.1, 0.15) is 23.3 Å². The molecule has 16 heteroatoms. The van der Waals surface area contributed by atoms with Gasteiger partial charge in [0.1, 0.15) is 0 Å². The van der Waals surface area contributed by atoms with Crippen molar-refractivity contribution in [2.45, 2.75) is 35.7 Å². The molecule has 1 fully saturated rings. The zero-order valence-corrected chi connectivity index (χ0v) is 17.7. The van der Waals surface area contributed by atoms with Crippen LogP contribution < -0.4 is 9.64 Å². The molecule has 180 valence electrons. The van der Waals surface area contributed by atoms with Gasteiger partial charge in [0, 0.05) is 23.4 Å². The summed E-state index contributed by atoms with van der Waals surface area (Å²) in [5.41, 5.74) is -0.365. The summed E-state index contributed by atoms with van der Waals surface area (Å²) in [6, 6.07) is 3.73. The maximum absolute atomic E-state index is 12.7. The van der Waals surface area contributed by atoms with E-state index in [1.54, 1.807) is 4.90 Å². The molecule has 33 heavy (non-hydrogen) atoms. The number of thioether (sulfide) groups is 1. The molecule has 1 aromatic carbocycles. The molecule has 3 rings (SSSR count). The summed E-state index contributed by atoms with van der Waals surface area (Å²) < 4.78 is 82.8. The molecule has 1 aliphatic heterocycles. The van der Waals surface area contributed by atoms with Crippen LogP contribution in [0.3, 0.4) is 0 Å². The average molecular weight is 519 g/mol. The summed E-state index contributed by atoms with van der Waals surface area (Å²) in [5.74, 6) is -4.67. The van der Waals surface area contributed by atoms with Crippen LogP contribution in [0.25, 0.3) is 0 Å². The van der Waals surface area contributed by atoms with Gasteiger partial charge in [-0.25, -0.2) is 14.7 Å². The highest BCUT2D eigenvalue weighted by Gasteiger charge is 2.43. The Kier molecular flexibility index (Phi) is 7.31. The highest BCUT2D eigenvalue weighted by Crippen LogP contribution is 2.38. The van der Waals surface area contributed by atoms with Crippen LogP contribution in [0, 0.1) is 0 Å². The van der Waals surface area contributed by atoms with E-state index in [4.69, 9.17) is 11.6 Å². The van der Waals surface area contributed by atoms with E-state index >= 15 is 0 Å². The average Bonchev–Trinajstić information content (AvgIpc) is 3.16. The number of aromatic amines is 1. The summed E-state index contributed by atoms with van der Waals surface area (Å²) in [6.07, 6.45) is -9.42. The molecular weight excluding hydrogens is 506 g/mol. The first-order chi connectivity index (χ1) is 15.3. The third-order valence-corrected chi connectivity index (χ3v) is 5.89. The molecule has 0 bridgehead atoms. The number of anilines is 1. The number of nitrogens with one attached hydrogen (secondary N) is 1. The molecular formula is C17H13ClF6N4O4S. The van der Waals surface area contributed by atoms with E-state index in [1.807, 2.05) is 0 Å². The Hall–Kier alpha value is -2.68. The first-order valence-electron chi connectivity index (χ1n) is 9.05. The predicted octanol–water partition coefficient (Wildman–Crippen LogP) is 4.36. The second-order valence-electron chi connectivity index (χ2n) is 6.63. The lowest BCUT2D eigenvalue weighted by Gasteiger charge is -2.34. The van der Waals surface area contributed by atoms with Crippen LogP contribution in [-0.4, -0.2) is 58.2 Å². The van der Waals surface area contributed by atoms with Crippen molar-refractivity contribution in [2.75, 3.05) is 18.0 Å². The Morgan fingerprint density at radius 1 is 1.15 bits per heavy atom. The van der Waals surface area contributed by atoms with Crippen LogP contribution in [0.5, 0.6) is 5.75 Å². The van der Waals surface area contributed by atoms with Crippen molar-refractivity contribution in [2.24, 2.45) is 0 Å². The van der Waals surface area contributed by atoms with E-state index in [9.17, 15) is 35.9 Å². The fraction of sp³-hybridized carbons (Fsp3) is 0.412. The number of carbonyl (C=O) groups excluding carboxylic acids is 2. The monoisotopic (exact) mass is 518 g/mol. The van der Waals surface area contributed by atoms with Gasteiger partial charge in [0.05, 0.1) is 5.69 Å². The molecule has 2 heterocycles. The minimum atomic E-state index is -5.35. The summed E-state index contributed by atoms with van der Waals surface area (Å²) in [6.45, 7) is 0.576. The van der Waals surface area contributed by atoms with Gasteiger partial charge in [0.15, 0.2) is 16.5 Å². The van der Waals surface area contributed by atoms with Crippen molar-refractivity contribution in [1.29, 1.82) is 0 Å². The smallest absolute Gasteiger partial charge is 0.404 e. The van der Waals surface area contributed by atoms with E-state index in [0.29, 0.717) is 12.8 Å². The number of benzene rings is 1. The number of hydrogen-bond donors (Lipinski definition) is 1. The van der Waals surface area contributed by atoms with Gasteiger partial charge in [-0.3, -0.25) is 0 Å². The zero-order valence-electron chi connectivity index (χ0n) is 16.2. The fourth-order valence-electron chi connectivity index (χ4n) is 2.95. The Morgan fingerprint density at radius 2 is 1.82 bits per heavy atom. The molecule has 0 saturated carbocycles. The number of rotatable bonds is 5. The summed E-state index contributed by atoms with van der Waals surface area (Å²) >= 11 is 6.93. The van der Waals surface area contributed by atoms with E-state index < -0.39 is 35.9 Å². The number of nitrogens with zero attached hydrogens (tertiary/aromatic N) is 3. The lowest BCUT2D eigenvalue weighted by atomic mass is 10.1. The SMILES string of the molecule is O=C(OC(=O)C(F)(F)F)c1[nH]nnc1SC1CCN(c2cc(Cl)ccc2OC(F)(F)F)CC1. The summed E-state index contributed by atoms with van der Waals surface area (Å²) in [5, 5.41) is 9.03. The Labute approximate surface area is 190 Å². The van der Waals surface area contributed by atoms with Crippen molar-refractivity contribution in [3.63, 3.8) is 0 Å². The lowest BCUT2D eigenvalue weighted by Crippen LogP contribution is -2.35. The lowest BCUT2D eigenvalue weighted by molar-refractivity contribution is -0.274. The standard InChI is InChI=1S/C17H13ClF6N4O4S/c18-8-1-2-11(32-17(22,23)24)10(7-8)28-5-3-9(4-6-28)33-13-12(25-27-26-13)14(29)31-15(30)16(19,20)21/h1-2,7,9H,3-6H2,(H,25,26,27). The number of ether oxygens (including phenoxy) is 2. The maximum Gasteiger partial charge on any atom is 0.573 e. The first-order valence-corrected chi connectivity index (χ1v) is 10.3. The molecule has 0 aliphatic carbocycles. The molecule has 0 unspecified atom stereocenters. The number of carbonyl (C=O) groups is 2. The van der Waals surface area contributed by atoms with Crippen LogP contribution >= 0.6 is 23.4 Å². The fourth-order valence-corrected chi connectivity index (χ4v) is 4.21. The second-order valence-corrected chi connectivity index (χ2v) is 8.36. The molecule has 0 radical (unpaired) electrons. The van der Waals surface area contributed by atoms with Gasteiger partial charge in [-0.05, 0) is 31.0 Å². The van der Waals surface area contributed by atoms with E-state index in [-0.39, 0.29) is 34.1 Å². The van der Waals surface area contributed by atoms with Gasteiger partial charge < -0.3 is 14.4 Å². The third-order valence-electron chi connectivity index (χ3n) is 4.35. The van der Waals surface area contributed by atoms with E-state index in [2.05, 4.69) is 24.9 Å². The highest BCUT2D eigenvalue weighted by molar-refractivity contribution is 7.99. The molecule has 8 nitrogen and oxygen atoms in total. The number of H-pyrrole nitrogens is 1. The van der Waals surface area contributed by atoms with Crippen molar-refractivity contribution < 1.29 is 45.4 Å². The normalized spacial score (nSPS) is 15.4. The van der Waals surface area contributed by atoms with Gasteiger partial charge in [0.2, 0.25) is 0 Å². The first kappa shape index (κ1) is 25.0. The number of alkyl halides is 6. The number of hydrogen-bond acceptors (Lipinski definition) is 8. The summed E-state index contributed by atoms with van der Waals surface area (Å²) in [4.78, 5) is 24.4. The molecule has 1 aromatic heterocycles. The Balaban J connectivity index is 1.64. The minimum absolute atomic E-state index is 0.0720. The zero-order chi connectivity index (χ0) is 24.4. The predicted molar refractivity (Wildman–Crippen MR) is 102 cm³/mol. The van der Waals surface area contributed by atoms with Gasteiger partial charge in [0.25, 0.3) is 0 Å². The Morgan fingerprint density at radius 3 is 2.42 bits per heavy atom. The molecule has 0 spiro atoms. The third kappa shape index (κ3) is 6.66. The second kappa shape index (κ2) is 9.67. The maximum atomic E-state index is 12.7. The van der Waals surface area contributed by atoms with Gasteiger partial charge in [-0.1, -0.05) is 28.6 Å². The van der Waals surface area contributed by atoms with Crippen molar-refractivity contribution in [3.8, 4) is 5.75 Å². The molecule has 2 aromatic rings. The van der Waals surface area contributed by atoms with Crippen molar-refractivity contribution in [3.05, 3.63) is 28.9 Å². The van der Waals surface area contributed by atoms with Crippen LogP contribution in [0.2, 0.25) is 5.02 Å². The molecule has 0 atom stereocenters. The van der Waals surface area contributed by atoms with E-state index in [0.717, 1.165) is 17.8 Å². The largest absolute Gasteiger partial charge is 0.573 e. The molecule has 1 saturated heterocycles. The molecule has 1 N–H and O–H groups in total. The van der Waals surface area contributed by atoms with Gasteiger partial charge in [-0.15, -0.1) is 18.3 Å². The van der Waals surface area contributed by atoms with Crippen LogP contribution in [0.15, 0.2) is 23.2 Å². The quantitative estimate of drug-likeness (QED) is 0.354. The number of aromatic nitrogens is 3. The topological polar surface area (TPSA) is 97.4 Å². The molecule has 0 amide bonds. The molecule has 1 aliphatic rings. The van der Waals surface area contributed by atoms with Crippen LogP contribution in [0.4, 0.5) is 32.0 Å². The minimum Gasteiger partial charge on any atom is -0.404 e. The van der Waals surface area contributed by atoms with Gasteiger partial charge >= 0.3 is 24.5 Å². The van der Waals surface area contributed by atoms with Crippen molar-refractivity contribution in [1.82, 2.24) is 15.4 Å². The van der Waals surface area contributed by atoms with Gasteiger partial charge in [-0.2, -0.15) is 13.2 Å². The van der Waals surface area contributed by atoms with E-state index in [1.165, 1.54) is 12.1 Å². The van der Waals surface area contributed by atoms with Crippen LogP contribution in [-0.2, 0) is 9.53 Å². The number of esters is 2. The summed E-state index contributed by atoms with van der Waals surface area (Å²) in [7, 11) is 0. The highest BCUT2D eigenvalue weighted by atomic mass is 35.5. The van der Waals surface area contributed by atoms with Crippen molar-refractivity contribution >= 4 is 41.0 Å². The number of halogens is 7. The number of piperidine rings is 1.